The Morgan fingerprint density at radius 3 is 2.22 bits per heavy atom. The quantitative estimate of drug-likeness (QED) is 0.898. The molecular formula is C17H28N4O2. The summed E-state index contributed by atoms with van der Waals surface area (Å²) in [5.74, 6) is 0. The van der Waals surface area contributed by atoms with E-state index in [1.54, 1.807) is 0 Å². The van der Waals surface area contributed by atoms with Gasteiger partial charge in [0.05, 0.1) is 0 Å². The molecule has 0 aliphatic heterocycles. The second-order valence-corrected chi connectivity index (χ2v) is 7.37. The van der Waals surface area contributed by atoms with Gasteiger partial charge in [0.1, 0.15) is 6.10 Å². The van der Waals surface area contributed by atoms with Crippen LogP contribution >= 0.6 is 0 Å². The minimum Gasteiger partial charge on any atom is -0.460 e. The van der Waals surface area contributed by atoms with Crippen molar-refractivity contribution in [2.45, 2.75) is 78.0 Å². The molecular weight excluding hydrogens is 292 g/mol. The van der Waals surface area contributed by atoms with E-state index < -0.39 is 0 Å². The number of aromatic nitrogens is 2. The summed E-state index contributed by atoms with van der Waals surface area (Å²) in [6.45, 7) is 9.80. The number of rotatable bonds is 3. The van der Waals surface area contributed by atoms with E-state index in [2.05, 4.69) is 20.6 Å². The maximum absolute atomic E-state index is 11.9. The van der Waals surface area contributed by atoms with Crippen LogP contribution in [0.5, 0.6) is 6.01 Å². The molecule has 23 heavy (non-hydrogen) atoms. The number of urea groups is 1. The zero-order valence-corrected chi connectivity index (χ0v) is 14.8. The average molecular weight is 320 g/mol. The van der Waals surface area contributed by atoms with Crippen molar-refractivity contribution in [1.82, 2.24) is 20.6 Å². The molecule has 1 aromatic heterocycles. The molecule has 0 spiro atoms. The summed E-state index contributed by atoms with van der Waals surface area (Å²) in [4.78, 5) is 20.5. The number of aryl methyl sites for hydroxylation is 2. The fourth-order valence-corrected chi connectivity index (χ4v) is 2.78. The molecule has 0 atom stereocenters. The third kappa shape index (κ3) is 6.04. The van der Waals surface area contributed by atoms with Gasteiger partial charge in [0.15, 0.2) is 0 Å². The highest BCUT2D eigenvalue weighted by atomic mass is 16.5. The van der Waals surface area contributed by atoms with Crippen molar-refractivity contribution in [3.05, 3.63) is 17.5 Å². The molecule has 6 heteroatoms. The largest absolute Gasteiger partial charge is 0.460 e. The standard InChI is InChI=1S/C17H28N4O2/c1-11-10-12(2)19-16(18-11)23-14-8-6-13(7-9-14)20-15(22)21-17(3,4)5/h10,13-14H,6-9H2,1-5H3,(H2,20,21,22). The van der Waals surface area contributed by atoms with Gasteiger partial charge >= 0.3 is 12.0 Å². The van der Waals surface area contributed by atoms with Gasteiger partial charge in [-0.25, -0.2) is 14.8 Å². The van der Waals surface area contributed by atoms with E-state index in [0.29, 0.717) is 6.01 Å². The minimum absolute atomic E-state index is 0.0977. The van der Waals surface area contributed by atoms with Gasteiger partial charge in [-0.15, -0.1) is 0 Å². The second-order valence-electron chi connectivity index (χ2n) is 7.37. The van der Waals surface area contributed by atoms with E-state index in [4.69, 9.17) is 4.74 Å². The molecule has 128 valence electrons. The first-order valence-corrected chi connectivity index (χ1v) is 8.29. The Balaban J connectivity index is 1.78. The van der Waals surface area contributed by atoms with Gasteiger partial charge in [-0.1, -0.05) is 0 Å². The predicted molar refractivity (Wildman–Crippen MR) is 89.6 cm³/mol. The number of hydrogen-bond acceptors (Lipinski definition) is 4. The molecule has 0 unspecified atom stereocenters. The Kier molecular flexibility index (Phi) is 5.44. The lowest BCUT2D eigenvalue weighted by Crippen LogP contribution is -2.50. The average Bonchev–Trinajstić information content (AvgIpc) is 2.37. The van der Waals surface area contributed by atoms with Crippen LogP contribution in [0.3, 0.4) is 0 Å². The minimum atomic E-state index is -0.217. The van der Waals surface area contributed by atoms with Gasteiger partial charge in [-0.05, 0) is 66.4 Å². The van der Waals surface area contributed by atoms with Crippen LogP contribution in [-0.2, 0) is 0 Å². The van der Waals surface area contributed by atoms with Crippen LogP contribution in [0.1, 0.15) is 57.8 Å². The molecule has 0 saturated heterocycles. The maximum atomic E-state index is 11.9. The molecule has 1 heterocycles. The van der Waals surface area contributed by atoms with Gasteiger partial charge in [-0.2, -0.15) is 0 Å². The fraction of sp³-hybridized carbons (Fsp3) is 0.706. The Hall–Kier alpha value is -1.85. The molecule has 1 aliphatic rings. The zero-order valence-electron chi connectivity index (χ0n) is 14.8. The van der Waals surface area contributed by atoms with Crippen LogP contribution in [0.25, 0.3) is 0 Å². The van der Waals surface area contributed by atoms with Crippen molar-refractivity contribution in [2.24, 2.45) is 0 Å². The Morgan fingerprint density at radius 2 is 1.70 bits per heavy atom. The smallest absolute Gasteiger partial charge is 0.317 e. The van der Waals surface area contributed by atoms with Gasteiger partial charge < -0.3 is 15.4 Å². The van der Waals surface area contributed by atoms with Gasteiger partial charge in [0.25, 0.3) is 0 Å². The Labute approximate surface area is 138 Å². The fourth-order valence-electron chi connectivity index (χ4n) is 2.78. The summed E-state index contributed by atoms with van der Waals surface area (Å²) in [6.07, 6.45) is 3.74. The first-order valence-electron chi connectivity index (χ1n) is 8.29. The molecule has 1 aliphatic carbocycles. The predicted octanol–water partition coefficient (Wildman–Crippen LogP) is 2.88. The Morgan fingerprint density at radius 1 is 1.13 bits per heavy atom. The molecule has 2 amide bonds. The van der Waals surface area contributed by atoms with Crippen molar-refractivity contribution in [3.8, 4) is 6.01 Å². The highest BCUT2D eigenvalue weighted by Crippen LogP contribution is 2.22. The zero-order chi connectivity index (χ0) is 17.0. The van der Waals surface area contributed by atoms with E-state index in [1.807, 2.05) is 40.7 Å². The lowest BCUT2D eigenvalue weighted by Gasteiger charge is -2.30. The van der Waals surface area contributed by atoms with Crippen molar-refractivity contribution >= 4 is 6.03 Å². The molecule has 0 aromatic carbocycles. The lowest BCUT2D eigenvalue weighted by molar-refractivity contribution is 0.128. The van der Waals surface area contributed by atoms with Crippen LogP contribution < -0.4 is 15.4 Å². The summed E-state index contributed by atoms with van der Waals surface area (Å²) in [5.41, 5.74) is 1.62. The number of amides is 2. The van der Waals surface area contributed by atoms with E-state index in [0.717, 1.165) is 37.1 Å². The van der Waals surface area contributed by atoms with Gasteiger partial charge in [0, 0.05) is 23.0 Å². The first-order chi connectivity index (χ1) is 10.7. The van der Waals surface area contributed by atoms with Crippen LogP contribution in [0, 0.1) is 13.8 Å². The normalized spacial score (nSPS) is 21.6. The van der Waals surface area contributed by atoms with Crippen LogP contribution in [0.15, 0.2) is 6.07 Å². The molecule has 0 radical (unpaired) electrons. The van der Waals surface area contributed by atoms with Crippen molar-refractivity contribution in [2.75, 3.05) is 0 Å². The highest BCUT2D eigenvalue weighted by Gasteiger charge is 2.25. The molecule has 6 nitrogen and oxygen atoms in total. The monoisotopic (exact) mass is 320 g/mol. The first kappa shape index (κ1) is 17.5. The number of nitrogens with zero attached hydrogens (tertiary/aromatic N) is 2. The third-order valence-corrected chi connectivity index (χ3v) is 3.73. The van der Waals surface area contributed by atoms with E-state index >= 15 is 0 Å². The van der Waals surface area contributed by atoms with Gasteiger partial charge in [0.2, 0.25) is 0 Å². The summed E-state index contributed by atoms with van der Waals surface area (Å²) in [5, 5.41) is 5.97. The van der Waals surface area contributed by atoms with E-state index in [-0.39, 0.29) is 23.7 Å². The van der Waals surface area contributed by atoms with Crippen LogP contribution in [-0.4, -0.2) is 33.7 Å². The molecule has 1 aromatic rings. The summed E-state index contributed by atoms with van der Waals surface area (Å²) in [6, 6.07) is 2.50. The number of carbonyl (C=O) groups is 1. The van der Waals surface area contributed by atoms with E-state index in [9.17, 15) is 4.79 Å². The molecule has 1 fully saturated rings. The van der Waals surface area contributed by atoms with Crippen molar-refractivity contribution in [3.63, 3.8) is 0 Å². The van der Waals surface area contributed by atoms with Gasteiger partial charge in [-0.3, -0.25) is 0 Å². The topological polar surface area (TPSA) is 76.1 Å². The maximum Gasteiger partial charge on any atom is 0.317 e. The summed E-state index contributed by atoms with van der Waals surface area (Å²) >= 11 is 0. The third-order valence-electron chi connectivity index (χ3n) is 3.73. The molecule has 1 saturated carbocycles. The lowest BCUT2D eigenvalue weighted by atomic mass is 9.93. The van der Waals surface area contributed by atoms with Crippen LogP contribution in [0.4, 0.5) is 4.79 Å². The number of nitrogens with one attached hydrogen (secondary N) is 2. The number of ether oxygens (including phenoxy) is 1. The molecule has 0 bridgehead atoms. The molecule has 2 N–H and O–H groups in total. The van der Waals surface area contributed by atoms with Crippen LogP contribution in [0.2, 0.25) is 0 Å². The molecule has 2 rings (SSSR count). The van der Waals surface area contributed by atoms with Crippen molar-refractivity contribution in [1.29, 1.82) is 0 Å². The highest BCUT2D eigenvalue weighted by molar-refractivity contribution is 5.74. The summed E-state index contributed by atoms with van der Waals surface area (Å²) in [7, 11) is 0. The second kappa shape index (κ2) is 7.15. The Bertz CT molecular complexity index is 526. The summed E-state index contributed by atoms with van der Waals surface area (Å²) < 4.78 is 5.90. The van der Waals surface area contributed by atoms with E-state index in [1.165, 1.54) is 0 Å². The van der Waals surface area contributed by atoms with Crippen molar-refractivity contribution < 1.29 is 9.53 Å². The number of hydrogen-bond donors (Lipinski definition) is 2. The number of carbonyl (C=O) groups excluding carboxylic acids is 1. The SMILES string of the molecule is Cc1cc(C)nc(OC2CCC(NC(=O)NC(C)(C)C)CC2)n1.